The number of aromatic nitrogens is 2. The molecule has 2 aromatic carbocycles. The Morgan fingerprint density at radius 1 is 1.15 bits per heavy atom. The summed E-state index contributed by atoms with van der Waals surface area (Å²) in [5, 5.41) is -0.0239. The minimum Gasteiger partial charge on any atom is -0.439 e. The molecular weight excluding hydrogens is 447 g/mol. The molecule has 1 aliphatic heterocycles. The summed E-state index contributed by atoms with van der Waals surface area (Å²) in [7, 11) is 0. The highest BCUT2D eigenvalue weighted by atomic mass is 35.5. The van der Waals surface area contributed by atoms with E-state index in [9.17, 15) is 9.18 Å². The number of piperazine rings is 1. The quantitative estimate of drug-likeness (QED) is 0.512. The van der Waals surface area contributed by atoms with Crippen molar-refractivity contribution in [2.24, 2.45) is 0 Å². The molecule has 0 saturated carbocycles. The molecular formula is C24H24ClFN4O3. The van der Waals surface area contributed by atoms with Crippen LogP contribution in [0.2, 0.25) is 5.02 Å². The number of carbonyl (C=O) groups excluding carboxylic acids is 1. The van der Waals surface area contributed by atoms with Gasteiger partial charge in [0.2, 0.25) is 11.8 Å². The van der Waals surface area contributed by atoms with Crippen molar-refractivity contribution in [1.82, 2.24) is 14.9 Å². The molecule has 1 atom stereocenters. The summed E-state index contributed by atoms with van der Waals surface area (Å²) in [5.74, 6) is 0.846. The largest absolute Gasteiger partial charge is 0.439 e. The highest BCUT2D eigenvalue weighted by Crippen LogP contribution is 2.27. The average Bonchev–Trinajstić information content (AvgIpc) is 2.82. The molecule has 1 fully saturated rings. The molecule has 1 aromatic heterocycles. The third-order valence-corrected chi connectivity index (χ3v) is 5.64. The number of halogens is 2. The lowest BCUT2D eigenvalue weighted by Gasteiger charge is -2.40. The lowest BCUT2D eigenvalue weighted by Crippen LogP contribution is -2.55. The van der Waals surface area contributed by atoms with Gasteiger partial charge in [-0.05, 0) is 24.6 Å². The van der Waals surface area contributed by atoms with Gasteiger partial charge in [0.25, 0.3) is 0 Å². The number of nitrogens with zero attached hydrogens (tertiary/aromatic N) is 4. The fourth-order valence-electron chi connectivity index (χ4n) is 3.67. The van der Waals surface area contributed by atoms with E-state index >= 15 is 0 Å². The van der Waals surface area contributed by atoms with Gasteiger partial charge in [0.15, 0.2) is 0 Å². The summed E-state index contributed by atoms with van der Waals surface area (Å²) >= 11 is 5.81. The monoisotopic (exact) mass is 470 g/mol. The SMILES string of the molecule is CC1CN(c2cc(Oc3ccc(F)c(Cl)c3)ncn2)CCN1C(=O)COCc1ccccc1. The van der Waals surface area contributed by atoms with Gasteiger partial charge in [-0.25, -0.2) is 14.4 Å². The zero-order valence-corrected chi connectivity index (χ0v) is 18.9. The van der Waals surface area contributed by atoms with E-state index in [1.54, 1.807) is 6.07 Å². The summed E-state index contributed by atoms with van der Waals surface area (Å²) in [4.78, 5) is 25.0. The third-order valence-electron chi connectivity index (χ3n) is 5.35. The summed E-state index contributed by atoms with van der Waals surface area (Å²) in [6, 6.07) is 15.6. The van der Waals surface area contributed by atoms with Gasteiger partial charge in [-0.2, -0.15) is 0 Å². The summed E-state index contributed by atoms with van der Waals surface area (Å²) in [5.41, 5.74) is 1.04. The number of carbonyl (C=O) groups is 1. The second-order valence-corrected chi connectivity index (χ2v) is 8.16. The first kappa shape index (κ1) is 22.9. The Labute approximate surface area is 196 Å². The second-order valence-electron chi connectivity index (χ2n) is 7.75. The number of hydrogen-bond acceptors (Lipinski definition) is 6. The van der Waals surface area contributed by atoms with Crippen molar-refractivity contribution < 1.29 is 18.7 Å². The van der Waals surface area contributed by atoms with Crippen LogP contribution >= 0.6 is 11.6 Å². The first-order chi connectivity index (χ1) is 16.0. The van der Waals surface area contributed by atoms with E-state index in [1.807, 2.05) is 42.2 Å². The molecule has 9 heteroatoms. The molecule has 1 unspecified atom stereocenters. The summed E-state index contributed by atoms with van der Waals surface area (Å²) in [6.45, 7) is 4.24. The summed E-state index contributed by atoms with van der Waals surface area (Å²) in [6.07, 6.45) is 1.41. The minimum atomic E-state index is -0.515. The smallest absolute Gasteiger partial charge is 0.248 e. The van der Waals surface area contributed by atoms with Crippen LogP contribution in [0.15, 0.2) is 60.9 Å². The fraction of sp³-hybridized carbons (Fsp3) is 0.292. The van der Waals surface area contributed by atoms with Crippen LogP contribution in [0.4, 0.5) is 10.2 Å². The zero-order chi connectivity index (χ0) is 23.2. The molecule has 1 saturated heterocycles. The molecule has 0 N–H and O–H groups in total. The van der Waals surface area contributed by atoms with Gasteiger partial charge in [-0.3, -0.25) is 4.79 Å². The molecule has 3 aromatic rings. The van der Waals surface area contributed by atoms with Gasteiger partial charge in [-0.15, -0.1) is 0 Å². The highest BCUT2D eigenvalue weighted by Gasteiger charge is 2.28. The van der Waals surface area contributed by atoms with Crippen molar-refractivity contribution in [3.63, 3.8) is 0 Å². The highest BCUT2D eigenvalue weighted by molar-refractivity contribution is 6.30. The molecule has 0 bridgehead atoms. The number of anilines is 1. The predicted molar refractivity (Wildman–Crippen MR) is 123 cm³/mol. The number of hydrogen-bond donors (Lipinski definition) is 0. The average molecular weight is 471 g/mol. The molecule has 0 spiro atoms. The van der Waals surface area contributed by atoms with Crippen molar-refractivity contribution in [3.05, 3.63) is 77.3 Å². The second kappa shape index (κ2) is 10.6. The van der Waals surface area contributed by atoms with Crippen molar-refractivity contribution in [2.45, 2.75) is 19.6 Å². The lowest BCUT2D eigenvalue weighted by molar-refractivity contribution is -0.139. The van der Waals surface area contributed by atoms with E-state index in [2.05, 4.69) is 14.9 Å². The van der Waals surface area contributed by atoms with Crippen LogP contribution in [0.5, 0.6) is 11.6 Å². The van der Waals surface area contributed by atoms with Crippen LogP contribution in [-0.4, -0.2) is 53.1 Å². The standard InChI is InChI=1S/C24H24ClFN4O3/c1-17-13-29(9-10-30(17)24(31)15-32-14-18-5-3-2-4-6-18)22-12-23(28-16-27-22)33-19-7-8-21(26)20(25)11-19/h2-8,11-12,16-17H,9-10,13-15H2,1H3. The lowest BCUT2D eigenvalue weighted by atomic mass is 10.2. The van der Waals surface area contributed by atoms with Crippen molar-refractivity contribution >= 4 is 23.3 Å². The zero-order valence-electron chi connectivity index (χ0n) is 18.2. The van der Waals surface area contributed by atoms with Gasteiger partial charge < -0.3 is 19.3 Å². The molecule has 1 amide bonds. The number of amides is 1. The Bertz CT molecular complexity index is 1100. The first-order valence-corrected chi connectivity index (χ1v) is 11.0. The maximum absolute atomic E-state index is 13.4. The van der Waals surface area contributed by atoms with Crippen LogP contribution < -0.4 is 9.64 Å². The van der Waals surface area contributed by atoms with Crippen LogP contribution in [-0.2, 0) is 16.1 Å². The maximum Gasteiger partial charge on any atom is 0.248 e. The topological polar surface area (TPSA) is 67.8 Å². The van der Waals surface area contributed by atoms with Gasteiger partial charge in [-0.1, -0.05) is 41.9 Å². The van der Waals surface area contributed by atoms with Crippen molar-refractivity contribution in [1.29, 1.82) is 0 Å². The maximum atomic E-state index is 13.4. The van der Waals surface area contributed by atoms with Gasteiger partial charge in [0.1, 0.15) is 30.3 Å². The van der Waals surface area contributed by atoms with Crippen LogP contribution in [0.25, 0.3) is 0 Å². The molecule has 2 heterocycles. The van der Waals surface area contributed by atoms with E-state index in [1.165, 1.54) is 24.5 Å². The number of rotatable bonds is 7. The fourth-order valence-corrected chi connectivity index (χ4v) is 3.84. The summed E-state index contributed by atoms with van der Waals surface area (Å²) < 4.78 is 24.7. The van der Waals surface area contributed by atoms with Crippen LogP contribution in [0.1, 0.15) is 12.5 Å². The molecule has 33 heavy (non-hydrogen) atoms. The van der Waals surface area contributed by atoms with E-state index < -0.39 is 5.82 Å². The Kier molecular flexibility index (Phi) is 7.36. The predicted octanol–water partition coefficient (Wildman–Crippen LogP) is 4.32. The molecule has 1 aliphatic rings. The van der Waals surface area contributed by atoms with E-state index in [0.717, 1.165) is 5.56 Å². The normalized spacial score (nSPS) is 16.0. The third kappa shape index (κ3) is 5.97. The minimum absolute atomic E-state index is 0.0122. The number of ether oxygens (including phenoxy) is 2. The van der Waals surface area contributed by atoms with Crippen LogP contribution in [0.3, 0.4) is 0 Å². The van der Waals surface area contributed by atoms with E-state index in [-0.39, 0.29) is 23.6 Å². The van der Waals surface area contributed by atoms with Crippen molar-refractivity contribution in [3.8, 4) is 11.6 Å². The Morgan fingerprint density at radius 3 is 2.73 bits per heavy atom. The van der Waals surface area contributed by atoms with Gasteiger partial charge in [0, 0.05) is 37.8 Å². The first-order valence-electron chi connectivity index (χ1n) is 10.6. The van der Waals surface area contributed by atoms with Gasteiger partial charge >= 0.3 is 0 Å². The van der Waals surface area contributed by atoms with E-state index in [4.69, 9.17) is 21.1 Å². The Hall–Kier alpha value is -3.23. The number of benzene rings is 2. The molecule has 0 aliphatic carbocycles. The Morgan fingerprint density at radius 2 is 1.97 bits per heavy atom. The van der Waals surface area contributed by atoms with Crippen molar-refractivity contribution in [2.75, 3.05) is 31.1 Å². The van der Waals surface area contributed by atoms with Crippen LogP contribution in [0, 0.1) is 5.82 Å². The molecule has 7 nitrogen and oxygen atoms in total. The molecule has 4 rings (SSSR count). The van der Waals surface area contributed by atoms with E-state index in [0.29, 0.717) is 43.7 Å². The Balaban J connectivity index is 1.32. The molecule has 172 valence electrons. The molecule has 0 radical (unpaired) electrons. The van der Waals surface area contributed by atoms with Gasteiger partial charge in [0.05, 0.1) is 11.6 Å².